The minimum absolute atomic E-state index is 0.0287. The van der Waals surface area contributed by atoms with E-state index in [0.717, 1.165) is 4.68 Å². The lowest BCUT2D eigenvalue weighted by Gasteiger charge is -2.33. The van der Waals surface area contributed by atoms with Gasteiger partial charge in [-0.25, -0.2) is 9.67 Å². The molecule has 0 aromatic carbocycles. The summed E-state index contributed by atoms with van der Waals surface area (Å²) in [4.78, 5) is 30.6. The minimum Gasteiger partial charge on any atom is -0.377 e. The number of hydrogen-bond acceptors (Lipinski definition) is 6. The van der Waals surface area contributed by atoms with Crippen molar-refractivity contribution in [1.82, 2.24) is 19.7 Å². The summed E-state index contributed by atoms with van der Waals surface area (Å²) in [5.74, 6) is 0.351. The average Bonchev–Trinajstić information content (AvgIpc) is 2.60. The molecule has 0 saturated carbocycles. The van der Waals surface area contributed by atoms with Gasteiger partial charge in [-0.3, -0.25) is 9.59 Å². The number of morpholine rings is 1. The Bertz CT molecular complexity index is 837. The van der Waals surface area contributed by atoms with Crippen molar-refractivity contribution in [2.45, 2.75) is 13.0 Å². The Labute approximate surface area is 149 Å². The molecule has 1 aliphatic rings. The van der Waals surface area contributed by atoms with E-state index in [1.165, 1.54) is 19.3 Å². The molecule has 132 valence electrons. The number of anilines is 2. The molecule has 0 bridgehead atoms. The number of nitrogens with zero attached hydrogens (tertiary/aromatic N) is 4. The summed E-state index contributed by atoms with van der Waals surface area (Å²) in [5, 5.41) is 6.91. The van der Waals surface area contributed by atoms with Gasteiger partial charge < -0.3 is 15.0 Å². The molecular weight excluding hydrogens is 346 g/mol. The number of aromatic nitrogens is 3. The fourth-order valence-corrected chi connectivity index (χ4v) is 2.81. The van der Waals surface area contributed by atoms with Gasteiger partial charge in [0.1, 0.15) is 11.5 Å². The van der Waals surface area contributed by atoms with Crippen LogP contribution in [0.2, 0.25) is 5.15 Å². The largest absolute Gasteiger partial charge is 0.377 e. The molecule has 0 spiro atoms. The number of aryl methyl sites for hydroxylation is 1. The normalized spacial score (nSPS) is 17.4. The maximum absolute atomic E-state index is 12.6. The van der Waals surface area contributed by atoms with E-state index in [4.69, 9.17) is 16.3 Å². The quantitative estimate of drug-likeness (QED) is 0.887. The SMILES string of the molecule is C[C@H]1COCCN1C(=O)c1ccc(Nc2cc(Cl)nn(C)c2=O)nc1. The summed E-state index contributed by atoms with van der Waals surface area (Å²) in [6.45, 7) is 3.58. The highest BCUT2D eigenvalue weighted by molar-refractivity contribution is 6.29. The summed E-state index contributed by atoms with van der Waals surface area (Å²) in [6.07, 6.45) is 1.49. The Hall–Kier alpha value is -2.45. The van der Waals surface area contributed by atoms with Crippen molar-refractivity contribution in [3.8, 4) is 0 Å². The number of nitrogens with one attached hydrogen (secondary N) is 1. The second kappa shape index (κ2) is 7.20. The molecule has 3 heterocycles. The zero-order chi connectivity index (χ0) is 18.0. The first-order valence-electron chi connectivity index (χ1n) is 7.81. The van der Waals surface area contributed by atoms with E-state index < -0.39 is 0 Å². The van der Waals surface area contributed by atoms with Gasteiger partial charge in [-0.05, 0) is 19.1 Å². The van der Waals surface area contributed by atoms with Crippen LogP contribution in [-0.2, 0) is 11.8 Å². The van der Waals surface area contributed by atoms with E-state index in [2.05, 4.69) is 15.4 Å². The number of ether oxygens (including phenoxy) is 1. The van der Waals surface area contributed by atoms with Gasteiger partial charge in [0.05, 0.1) is 24.8 Å². The first-order chi connectivity index (χ1) is 12.0. The lowest BCUT2D eigenvalue weighted by Crippen LogP contribution is -2.47. The Morgan fingerprint density at radius 3 is 2.92 bits per heavy atom. The zero-order valence-corrected chi connectivity index (χ0v) is 14.7. The van der Waals surface area contributed by atoms with E-state index >= 15 is 0 Å². The Morgan fingerprint density at radius 2 is 2.24 bits per heavy atom. The molecule has 25 heavy (non-hydrogen) atoms. The minimum atomic E-state index is -0.325. The van der Waals surface area contributed by atoms with Crippen molar-refractivity contribution < 1.29 is 9.53 Å². The molecule has 1 aliphatic heterocycles. The second-order valence-electron chi connectivity index (χ2n) is 5.79. The van der Waals surface area contributed by atoms with Crippen LogP contribution in [0, 0.1) is 0 Å². The first-order valence-corrected chi connectivity index (χ1v) is 8.19. The van der Waals surface area contributed by atoms with E-state index in [1.807, 2.05) is 6.92 Å². The third-order valence-corrected chi connectivity index (χ3v) is 4.12. The molecule has 0 aliphatic carbocycles. The van der Waals surface area contributed by atoms with Crippen molar-refractivity contribution in [2.75, 3.05) is 25.1 Å². The molecule has 2 aromatic rings. The van der Waals surface area contributed by atoms with Crippen molar-refractivity contribution in [3.63, 3.8) is 0 Å². The van der Waals surface area contributed by atoms with E-state index in [-0.39, 0.29) is 28.3 Å². The van der Waals surface area contributed by atoms with Gasteiger partial charge >= 0.3 is 0 Å². The first kappa shape index (κ1) is 17.4. The van der Waals surface area contributed by atoms with Gasteiger partial charge in [0.15, 0.2) is 5.15 Å². The molecule has 1 saturated heterocycles. The fraction of sp³-hybridized carbons (Fsp3) is 0.375. The lowest BCUT2D eigenvalue weighted by molar-refractivity contribution is 0.00357. The topological polar surface area (TPSA) is 89.4 Å². The zero-order valence-electron chi connectivity index (χ0n) is 13.9. The van der Waals surface area contributed by atoms with Gasteiger partial charge in [-0.2, -0.15) is 5.10 Å². The van der Waals surface area contributed by atoms with Crippen molar-refractivity contribution in [1.29, 1.82) is 0 Å². The summed E-state index contributed by atoms with van der Waals surface area (Å²) < 4.78 is 6.49. The Morgan fingerprint density at radius 1 is 1.44 bits per heavy atom. The molecule has 8 nitrogen and oxygen atoms in total. The number of pyridine rings is 1. The van der Waals surface area contributed by atoms with Gasteiger partial charge in [0, 0.05) is 25.9 Å². The Kier molecular flexibility index (Phi) is 5.00. The van der Waals surface area contributed by atoms with E-state index in [1.54, 1.807) is 17.0 Å². The smallest absolute Gasteiger partial charge is 0.290 e. The van der Waals surface area contributed by atoms with Gasteiger partial charge in [-0.1, -0.05) is 11.6 Å². The van der Waals surface area contributed by atoms with Crippen LogP contribution in [0.5, 0.6) is 0 Å². The molecule has 1 N–H and O–H groups in total. The fourth-order valence-electron chi connectivity index (χ4n) is 2.59. The van der Waals surface area contributed by atoms with Crippen LogP contribution in [-0.4, -0.2) is 51.4 Å². The van der Waals surface area contributed by atoms with Crippen LogP contribution < -0.4 is 10.9 Å². The third kappa shape index (κ3) is 3.80. The summed E-state index contributed by atoms with van der Waals surface area (Å²) in [7, 11) is 1.51. The molecule has 1 atom stereocenters. The number of carbonyl (C=O) groups excluding carboxylic acids is 1. The maximum atomic E-state index is 12.6. The molecule has 0 unspecified atom stereocenters. The number of carbonyl (C=O) groups is 1. The van der Waals surface area contributed by atoms with Crippen LogP contribution in [0.1, 0.15) is 17.3 Å². The monoisotopic (exact) mass is 363 g/mol. The van der Waals surface area contributed by atoms with Gasteiger partial charge in [-0.15, -0.1) is 0 Å². The maximum Gasteiger partial charge on any atom is 0.290 e. The predicted molar refractivity (Wildman–Crippen MR) is 93.3 cm³/mol. The number of halogens is 1. The van der Waals surface area contributed by atoms with Crippen molar-refractivity contribution in [2.24, 2.45) is 7.05 Å². The van der Waals surface area contributed by atoms with Crippen LogP contribution >= 0.6 is 11.6 Å². The number of amides is 1. The second-order valence-corrected chi connectivity index (χ2v) is 6.18. The highest BCUT2D eigenvalue weighted by Gasteiger charge is 2.24. The molecular formula is C16H18ClN5O3. The Balaban J connectivity index is 1.76. The number of hydrogen-bond donors (Lipinski definition) is 1. The van der Waals surface area contributed by atoms with Gasteiger partial charge in [0.25, 0.3) is 11.5 Å². The summed E-state index contributed by atoms with van der Waals surface area (Å²) in [6, 6.07) is 4.78. The average molecular weight is 364 g/mol. The highest BCUT2D eigenvalue weighted by Crippen LogP contribution is 2.16. The summed E-state index contributed by atoms with van der Waals surface area (Å²) >= 11 is 5.86. The van der Waals surface area contributed by atoms with Crippen molar-refractivity contribution >= 4 is 29.0 Å². The standard InChI is InChI=1S/C16H18ClN5O3/c1-10-9-25-6-5-22(10)15(23)11-3-4-14(18-8-11)19-12-7-13(17)20-21(2)16(12)24/h3-4,7-8,10H,5-6,9H2,1-2H3,(H,18,19)/t10-/m0/s1. The highest BCUT2D eigenvalue weighted by atomic mass is 35.5. The molecule has 1 amide bonds. The van der Waals surface area contributed by atoms with Gasteiger partial charge in [0.2, 0.25) is 0 Å². The summed E-state index contributed by atoms with van der Waals surface area (Å²) in [5.41, 5.74) is 0.421. The molecule has 1 fully saturated rings. The number of rotatable bonds is 3. The van der Waals surface area contributed by atoms with Crippen LogP contribution in [0.3, 0.4) is 0 Å². The van der Waals surface area contributed by atoms with Crippen LogP contribution in [0.15, 0.2) is 29.2 Å². The van der Waals surface area contributed by atoms with E-state index in [0.29, 0.717) is 31.1 Å². The van der Waals surface area contributed by atoms with Crippen LogP contribution in [0.4, 0.5) is 11.5 Å². The molecule has 0 radical (unpaired) electrons. The molecule has 2 aromatic heterocycles. The third-order valence-electron chi connectivity index (χ3n) is 3.93. The van der Waals surface area contributed by atoms with Crippen LogP contribution in [0.25, 0.3) is 0 Å². The van der Waals surface area contributed by atoms with Crippen molar-refractivity contribution in [3.05, 3.63) is 45.5 Å². The lowest BCUT2D eigenvalue weighted by atomic mass is 10.2. The predicted octanol–water partition coefficient (Wildman–Crippen LogP) is 1.43. The van der Waals surface area contributed by atoms with E-state index in [9.17, 15) is 9.59 Å². The molecule has 3 rings (SSSR count). The molecule has 9 heteroatoms.